The first-order valence-electron chi connectivity index (χ1n) is 7.27. The second-order valence-electron chi connectivity index (χ2n) is 5.50. The highest BCUT2D eigenvalue weighted by molar-refractivity contribution is 5.77. The van der Waals surface area contributed by atoms with Gasteiger partial charge in [-0.3, -0.25) is 9.59 Å². The summed E-state index contributed by atoms with van der Waals surface area (Å²) in [6.45, 7) is 3.03. The molecule has 1 rings (SSSR count). The molecule has 8 heteroatoms. The average Bonchev–Trinajstić information content (AvgIpc) is 2.48. The quantitative estimate of drug-likeness (QED) is 0.553. The summed E-state index contributed by atoms with van der Waals surface area (Å²) in [5.74, 6) is -2.49. The Balaban J connectivity index is 2.55. The van der Waals surface area contributed by atoms with Gasteiger partial charge in [0.1, 0.15) is 12.4 Å². The molecule has 0 saturated carbocycles. The van der Waals surface area contributed by atoms with Gasteiger partial charge in [-0.2, -0.15) is 13.2 Å². The fraction of sp³-hybridized carbons (Fsp3) is 0.500. The van der Waals surface area contributed by atoms with Crippen LogP contribution in [0.4, 0.5) is 17.6 Å². The number of alkyl halides is 3. The van der Waals surface area contributed by atoms with E-state index in [1.54, 1.807) is 0 Å². The third kappa shape index (κ3) is 6.55. The molecule has 1 aromatic rings. The van der Waals surface area contributed by atoms with Crippen molar-refractivity contribution in [2.75, 3.05) is 6.61 Å². The van der Waals surface area contributed by atoms with Crippen LogP contribution in [0.1, 0.15) is 37.8 Å². The Labute approximate surface area is 136 Å². The lowest BCUT2D eigenvalue weighted by Gasteiger charge is -2.13. The van der Waals surface area contributed by atoms with Crippen molar-refractivity contribution < 1.29 is 36.6 Å². The Kier molecular flexibility index (Phi) is 7.18. The highest BCUT2D eigenvalue weighted by atomic mass is 19.4. The summed E-state index contributed by atoms with van der Waals surface area (Å²) in [7, 11) is 0. The molecule has 0 heterocycles. The van der Waals surface area contributed by atoms with Crippen molar-refractivity contribution in [1.29, 1.82) is 0 Å². The first-order valence-corrected chi connectivity index (χ1v) is 7.27. The van der Waals surface area contributed by atoms with Gasteiger partial charge in [0.2, 0.25) is 0 Å². The van der Waals surface area contributed by atoms with Crippen molar-refractivity contribution in [2.45, 2.75) is 39.5 Å². The fourth-order valence-electron chi connectivity index (χ4n) is 1.73. The standard InChI is InChI=1S/C16H18F4O4/c1-10(2)8-23-14(21)6-7-15(22)24-9-11-12(16(18,19)20)4-3-5-13(11)17/h3-5,10H,6-9H2,1-2H3. The number of hydrogen-bond acceptors (Lipinski definition) is 4. The topological polar surface area (TPSA) is 52.6 Å². The molecule has 1 aromatic carbocycles. The summed E-state index contributed by atoms with van der Waals surface area (Å²) in [4.78, 5) is 22.8. The molecule has 0 aliphatic heterocycles. The number of rotatable bonds is 7. The third-order valence-electron chi connectivity index (χ3n) is 2.91. The molecule has 0 aliphatic rings. The zero-order valence-electron chi connectivity index (χ0n) is 13.3. The number of halogens is 4. The lowest BCUT2D eigenvalue weighted by molar-refractivity contribution is -0.152. The van der Waals surface area contributed by atoms with E-state index in [-0.39, 0.29) is 25.4 Å². The Morgan fingerprint density at radius 2 is 1.67 bits per heavy atom. The third-order valence-corrected chi connectivity index (χ3v) is 2.91. The number of carbonyl (C=O) groups excluding carboxylic acids is 2. The minimum absolute atomic E-state index is 0.141. The predicted molar refractivity (Wildman–Crippen MR) is 76.2 cm³/mol. The predicted octanol–water partition coefficient (Wildman–Crippen LogP) is 3.87. The molecule has 0 N–H and O–H groups in total. The van der Waals surface area contributed by atoms with E-state index < -0.39 is 41.7 Å². The molecule has 0 amide bonds. The highest BCUT2D eigenvalue weighted by Gasteiger charge is 2.34. The first-order chi connectivity index (χ1) is 11.1. The smallest absolute Gasteiger partial charge is 0.416 e. The summed E-state index contributed by atoms with van der Waals surface area (Å²) >= 11 is 0. The van der Waals surface area contributed by atoms with Gasteiger partial charge in [0.15, 0.2) is 0 Å². The maximum Gasteiger partial charge on any atom is 0.416 e. The summed E-state index contributed by atoms with van der Waals surface area (Å²) in [5.41, 5.74) is -1.95. The number of esters is 2. The van der Waals surface area contributed by atoms with Crippen LogP contribution < -0.4 is 0 Å². The largest absolute Gasteiger partial charge is 0.465 e. The van der Waals surface area contributed by atoms with Crippen molar-refractivity contribution in [3.8, 4) is 0 Å². The van der Waals surface area contributed by atoms with Gasteiger partial charge in [0.05, 0.1) is 25.0 Å². The molecule has 0 aromatic heterocycles. The first kappa shape index (κ1) is 19.9. The second kappa shape index (κ2) is 8.65. The maximum atomic E-state index is 13.6. The summed E-state index contributed by atoms with van der Waals surface area (Å²) in [5, 5.41) is 0. The number of hydrogen-bond donors (Lipinski definition) is 0. The van der Waals surface area contributed by atoms with Crippen LogP contribution in [0.15, 0.2) is 18.2 Å². The molecule has 4 nitrogen and oxygen atoms in total. The van der Waals surface area contributed by atoms with Gasteiger partial charge in [0.25, 0.3) is 0 Å². The molecule has 0 atom stereocenters. The van der Waals surface area contributed by atoms with Crippen LogP contribution in [0, 0.1) is 11.7 Å². The van der Waals surface area contributed by atoms with Gasteiger partial charge in [-0.25, -0.2) is 4.39 Å². The van der Waals surface area contributed by atoms with Gasteiger partial charge in [-0.15, -0.1) is 0 Å². The van der Waals surface area contributed by atoms with Gasteiger partial charge in [0, 0.05) is 5.56 Å². The summed E-state index contributed by atoms with van der Waals surface area (Å²) in [6.07, 6.45) is -5.37. The van der Waals surface area contributed by atoms with E-state index in [1.165, 1.54) is 0 Å². The zero-order chi connectivity index (χ0) is 18.3. The number of carbonyl (C=O) groups is 2. The molecule has 0 spiro atoms. The molecule has 134 valence electrons. The summed E-state index contributed by atoms with van der Waals surface area (Å²) < 4.78 is 61.4. The fourth-order valence-corrected chi connectivity index (χ4v) is 1.73. The van der Waals surface area contributed by atoms with E-state index >= 15 is 0 Å². The van der Waals surface area contributed by atoms with Crippen LogP contribution in [-0.2, 0) is 31.8 Å². The second-order valence-corrected chi connectivity index (χ2v) is 5.50. The van der Waals surface area contributed by atoms with E-state index in [0.29, 0.717) is 6.07 Å². The lowest BCUT2D eigenvalue weighted by atomic mass is 10.1. The number of benzene rings is 1. The molecule has 24 heavy (non-hydrogen) atoms. The molecule has 0 bridgehead atoms. The Bertz CT molecular complexity index is 582. The van der Waals surface area contributed by atoms with Crippen LogP contribution in [0.25, 0.3) is 0 Å². The van der Waals surface area contributed by atoms with Crippen LogP contribution in [0.5, 0.6) is 0 Å². The molecule has 0 fully saturated rings. The van der Waals surface area contributed by atoms with E-state index in [0.717, 1.165) is 12.1 Å². The normalized spacial score (nSPS) is 11.5. The molecule has 0 saturated heterocycles. The van der Waals surface area contributed by atoms with Gasteiger partial charge < -0.3 is 9.47 Å². The average molecular weight is 350 g/mol. The monoisotopic (exact) mass is 350 g/mol. The van der Waals surface area contributed by atoms with Gasteiger partial charge in [-0.05, 0) is 18.1 Å². The number of ether oxygens (including phenoxy) is 2. The lowest BCUT2D eigenvalue weighted by Crippen LogP contribution is -2.15. The van der Waals surface area contributed by atoms with Crippen molar-refractivity contribution in [1.82, 2.24) is 0 Å². The molecular formula is C16H18F4O4. The van der Waals surface area contributed by atoms with Crippen LogP contribution in [0.2, 0.25) is 0 Å². The Morgan fingerprint density at radius 3 is 2.21 bits per heavy atom. The van der Waals surface area contributed by atoms with E-state index in [9.17, 15) is 27.2 Å². The zero-order valence-corrected chi connectivity index (χ0v) is 13.3. The van der Waals surface area contributed by atoms with E-state index in [4.69, 9.17) is 4.74 Å². The van der Waals surface area contributed by atoms with Crippen molar-refractivity contribution >= 4 is 11.9 Å². The van der Waals surface area contributed by atoms with Gasteiger partial charge in [-0.1, -0.05) is 19.9 Å². The minimum Gasteiger partial charge on any atom is -0.465 e. The van der Waals surface area contributed by atoms with Crippen molar-refractivity contribution in [3.63, 3.8) is 0 Å². The Hall–Kier alpha value is -2.12. The van der Waals surface area contributed by atoms with Gasteiger partial charge >= 0.3 is 18.1 Å². The molecule has 0 radical (unpaired) electrons. The van der Waals surface area contributed by atoms with Crippen molar-refractivity contribution in [2.24, 2.45) is 5.92 Å². The van der Waals surface area contributed by atoms with E-state index in [1.807, 2.05) is 13.8 Å². The minimum atomic E-state index is -4.76. The van der Waals surface area contributed by atoms with E-state index in [2.05, 4.69) is 4.74 Å². The van der Waals surface area contributed by atoms with Crippen LogP contribution >= 0.6 is 0 Å². The van der Waals surface area contributed by atoms with Crippen LogP contribution in [0.3, 0.4) is 0 Å². The molecule has 0 unspecified atom stereocenters. The Morgan fingerprint density at radius 1 is 1.08 bits per heavy atom. The van der Waals surface area contributed by atoms with Crippen LogP contribution in [-0.4, -0.2) is 18.5 Å². The molecule has 0 aliphatic carbocycles. The summed E-state index contributed by atoms with van der Waals surface area (Å²) in [6, 6.07) is 2.48. The SMILES string of the molecule is CC(C)COC(=O)CCC(=O)OCc1c(F)cccc1C(F)(F)F. The highest BCUT2D eigenvalue weighted by Crippen LogP contribution is 2.33. The maximum absolute atomic E-state index is 13.6. The molecular weight excluding hydrogens is 332 g/mol. The van der Waals surface area contributed by atoms with Crippen molar-refractivity contribution in [3.05, 3.63) is 35.1 Å².